The van der Waals surface area contributed by atoms with Crippen LogP contribution in [0.2, 0.25) is 0 Å². The first-order chi connectivity index (χ1) is 5.83. The maximum absolute atomic E-state index is 5.18. The van der Waals surface area contributed by atoms with E-state index in [1.54, 1.807) is 17.8 Å². The van der Waals surface area contributed by atoms with E-state index in [9.17, 15) is 0 Å². The van der Waals surface area contributed by atoms with Gasteiger partial charge < -0.3 is 4.74 Å². The van der Waals surface area contributed by atoms with E-state index in [-0.39, 0.29) is 0 Å². The maximum atomic E-state index is 5.18. The largest absolute Gasteiger partial charge is 0.494 e. The van der Waals surface area contributed by atoms with Gasteiger partial charge in [-0.1, -0.05) is 0 Å². The Labute approximate surface area is 78.1 Å². The highest BCUT2D eigenvalue weighted by Crippen LogP contribution is 2.26. The smallest absolute Gasteiger partial charge is 0.145 e. The summed E-state index contributed by atoms with van der Waals surface area (Å²) in [5.74, 6) is 0.821. The number of hydrogen-bond acceptors (Lipinski definition) is 2. The van der Waals surface area contributed by atoms with E-state index in [2.05, 4.69) is 21.0 Å². The lowest BCUT2D eigenvalue weighted by atomic mass is 10.4. The van der Waals surface area contributed by atoms with Crippen molar-refractivity contribution in [2.75, 3.05) is 7.11 Å². The molecule has 12 heavy (non-hydrogen) atoms. The first-order valence-corrected chi connectivity index (χ1v) is 4.28. The molecule has 0 fully saturated rings. The standard InChI is InChI=1S/C8H7BrN2O/c1-12-7-3-2-4-11-8(7)6(9)5-10-11/h2-5H,1H3. The lowest BCUT2D eigenvalue weighted by Gasteiger charge is -2.01. The molecule has 0 saturated carbocycles. The van der Waals surface area contributed by atoms with Crippen molar-refractivity contribution in [1.29, 1.82) is 0 Å². The molecule has 0 atom stereocenters. The third kappa shape index (κ3) is 0.992. The van der Waals surface area contributed by atoms with Gasteiger partial charge in [-0.2, -0.15) is 5.10 Å². The summed E-state index contributed by atoms with van der Waals surface area (Å²) in [5.41, 5.74) is 0.958. The number of methoxy groups -OCH3 is 1. The number of aromatic nitrogens is 2. The zero-order valence-corrected chi connectivity index (χ0v) is 8.08. The van der Waals surface area contributed by atoms with Gasteiger partial charge in [-0.3, -0.25) is 0 Å². The SMILES string of the molecule is COc1cccn2ncc(Br)c12. The van der Waals surface area contributed by atoms with Crippen molar-refractivity contribution in [3.8, 4) is 5.75 Å². The Bertz CT molecular complexity index is 410. The molecular weight excluding hydrogens is 220 g/mol. The first-order valence-electron chi connectivity index (χ1n) is 3.49. The summed E-state index contributed by atoms with van der Waals surface area (Å²) < 4.78 is 7.89. The highest BCUT2D eigenvalue weighted by Gasteiger charge is 2.05. The van der Waals surface area contributed by atoms with Gasteiger partial charge in [-0.25, -0.2) is 4.52 Å². The van der Waals surface area contributed by atoms with Crippen LogP contribution in [-0.2, 0) is 0 Å². The average molecular weight is 227 g/mol. The summed E-state index contributed by atoms with van der Waals surface area (Å²) in [6.45, 7) is 0. The average Bonchev–Trinajstić information content (AvgIpc) is 2.48. The summed E-state index contributed by atoms with van der Waals surface area (Å²) in [6, 6.07) is 3.80. The summed E-state index contributed by atoms with van der Waals surface area (Å²) in [7, 11) is 1.65. The van der Waals surface area contributed by atoms with Crippen LogP contribution in [0.25, 0.3) is 5.52 Å². The molecule has 2 aromatic heterocycles. The lowest BCUT2D eigenvalue weighted by molar-refractivity contribution is 0.417. The van der Waals surface area contributed by atoms with Crippen LogP contribution in [-0.4, -0.2) is 16.7 Å². The topological polar surface area (TPSA) is 26.5 Å². The fraction of sp³-hybridized carbons (Fsp3) is 0.125. The van der Waals surface area contributed by atoms with Crippen LogP contribution in [0.4, 0.5) is 0 Å². The minimum atomic E-state index is 0.821. The van der Waals surface area contributed by atoms with Crippen LogP contribution in [0.1, 0.15) is 0 Å². The van der Waals surface area contributed by atoms with Crippen molar-refractivity contribution in [3.63, 3.8) is 0 Å². The van der Waals surface area contributed by atoms with Crippen molar-refractivity contribution in [2.45, 2.75) is 0 Å². The molecule has 0 amide bonds. The van der Waals surface area contributed by atoms with Crippen molar-refractivity contribution >= 4 is 21.4 Å². The summed E-state index contributed by atoms with van der Waals surface area (Å²) in [6.07, 6.45) is 3.63. The number of pyridine rings is 1. The molecule has 0 bridgehead atoms. The van der Waals surface area contributed by atoms with E-state index >= 15 is 0 Å². The van der Waals surface area contributed by atoms with Gasteiger partial charge in [0.05, 0.1) is 17.8 Å². The molecule has 0 aliphatic heterocycles. The van der Waals surface area contributed by atoms with Gasteiger partial charge in [0.1, 0.15) is 11.3 Å². The van der Waals surface area contributed by atoms with Crippen molar-refractivity contribution < 1.29 is 4.74 Å². The summed E-state index contributed by atoms with van der Waals surface area (Å²) in [5, 5.41) is 4.12. The fourth-order valence-corrected chi connectivity index (χ4v) is 1.61. The minimum absolute atomic E-state index is 0.821. The van der Waals surface area contributed by atoms with Crippen LogP contribution >= 0.6 is 15.9 Å². The lowest BCUT2D eigenvalue weighted by Crippen LogP contribution is -1.89. The summed E-state index contributed by atoms with van der Waals surface area (Å²) in [4.78, 5) is 0. The highest BCUT2D eigenvalue weighted by molar-refractivity contribution is 9.10. The zero-order chi connectivity index (χ0) is 8.55. The molecule has 0 aromatic carbocycles. The van der Waals surface area contributed by atoms with Gasteiger partial charge in [0.2, 0.25) is 0 Å². The molecule has 0 saturated heterocycles. The third-order valence-electron chi connectivity index (χ3n) is 1.68. The van der Waals surface area contributed by atoms with Crippen LogP contribution in [0, 0.1) is 0 Å². The molecule has 0 spiro atoms. The Kier molecular flexibility index (Phi) is 1.77. The quantitative estimate of drug-likeness (QED) is 0.745. The van der Waals surface area contributed by atoms with Gasteiger partial charge in [0.15, 0.2) is 0 Å². The fourth-order valence-electron chi connectivity index (χ4n) is 1.14. The number of hydrogen-bond donors (Lipinski definition) is 0. The van der Waals surface area contributed by atoms with E-state index in [1.807, 2.05) is 18.3 Å². The summed E-state index contributed by atoms with van der Waals surface area (Å²) >= 11 is 3.40. The Balaban J connectivity index is 2.84. The van der Waals surface area contributed by atoms with Crippen LogP contribution in [0.5, 0.6) is 5.75 Å². The second-order valence-corrected chi connectivity index (χ2v) is 3.22. The molecule has 0 aliphatic rings. The Morgan fingerprint density at radius 1 is 1.58 bits per heavy atom. The Hall–Kier alpha value is -1.03. The molecule has 4 heteroatoms. The first kappa shape index (κ1) is 7.61. The van der Waals surface area contributed by atoms with Gasteiger partial charge in [-0.05, 0) is 28.1 Å². The van der Waals surface area contributed by atoms with E-state index in [4.69, 9.17) is 4.74 Å². The zero-order valence-electron chi connectivity index (χ0n) is 6.49. The predicted octanol–water partition coefficient (Wildman–Crippen LogP) is 2.11. The molecule has 2 aromatic rings. The molecule has 62 valence electrons. The monoisotopic (exact) mass is 226 g/mol. The van der Waals surface area contributed by atoms with Crippen molar-refractivity contribution in [2.24, 2.45) is 0 Å². The molecule has 2 rings (SSSR count). The van der Waals surface area contributed by atoms with E-state index < -0.39 is 0 Å². The normalized spacial score (nSPS) is 10.5. The number of rotatable bonds is 1. The van der Waals surface area contributed by atoms with E-state index in [0.717, 1.165) is 15.7 Å². The molecule has 0 N–H and O–H groups in total. The number of ether oxygens (including phenoxy) is 1. The Morgan fingerprint density at radius 2 is 2.42 bits per heavy atom. The maximum Gasteiger partial charge on any atom is 0.145 e. The van der Waals surface area contributed by atoms with Crippen molar-refractivity contribution in [3.05, 3.63) is 29.0 Å². The second-order valence-electron chi connectivity index (χ2n) is 2.36. The van der Waals surface area contributed by atoms with Crippen LogP contribution in [0.15, 0.2) is 29.0 Å². The van der Waals surface area contributed by atoms with Gasteiger partial charge >= 0.3 is 0 Å². The minimum Gasteiger partial charge on any atom is -0.494 e. The predicted molar refractivity (Wildman–Crippen MR) is 49.4 cm³/mol. The van der Waals surface area contributed by atoms with Gasteiger partial charge in [0, 0.05) is 6.20 Å². The van der Waals surface area contributed by atoms with Gasteiger partial charge in [0.25, 0.3) is 0 Å². The van der Waals surface area contributed by atoms with E-state index in [0.29, 0.717) is 0 Å². The Morgan fingerprint density at radius 3 is 3.17 bits per heavy atom. The third-order valence-corrected chi connectivity index (χ3v) is 2.26. The second kappa shape index (κ2) is 2.79. The molecule has 2 heterocycles. The molecule has 0 radical (unpaired) electrons. The molecular formula is C8H7BrN2O. The molecule has 0 aliphatic carbocycles. The van der Waals surface area contributed by atoms with Crippen molar-refractivity contribution in [1.82, 2.24) is 9.61 Å². The number of halogens is 1. The van der Waals surface area contributed by atoms with Crippen LogP contribution < -0.4 is 4.74 Å². The molecule has 0 unspecified atom stereocenters. The van der Waals surface area contributed by atoms with Gasteiger partial charge in [-0.15, -0.1) is 0 Å². The molecule has 3 nitrogen and oxygen atoms in total. The number of fused-ring (bicyclic) bond motifs is 1. The van der Waals surface area contributed by atoms with E-state index in [1.165, 1.54) is 0 Å². The number of nitrogens with zero attached hydrogens (tertiary/aromatic N) is 2. The van der Waals surface area contributed by atoms with Crippen LogP contribution in [0.3, 0.4) is 0 Å². The highest BCUT2D eigenvalue weighted by atomic mass is 79.9.